The molecule has 0 spiro atoms. The fourth-order valence-corrected chi connectivity index (χ4v) is 3.21. The van der Waals surface area contributed by atoms with Crippen LogP contribution < -0.4 is 16.4 Å². The van der Waals surface area contributed by atoms with E-state index in [1.165, 1.54) is 6.42 Å². The minimum Gasteiger partial charge on any atom is -0.368 e. The van der Waals surface area contributed by atoms with Gasteiger partial charge in [-0.1, -0.05) is 38.5 Å². The van der Waals surface area contributed by atoms with Crippen LogP contribution in [0.25, 0.3) is 0 Å². The number of aromatic amines is 1. The predicted molar refractivity (Wildman–Crippen MR) is 84.2 cm³/mol. The lowest BCUT2D eigenvalue weighted by Crippen LogP contribution is -2.49. The Bertz CT molecular complexity index is 534. The normalized spacial score (nSPS) is 24.7. The summed E-state index contributed by atoms with van der Waals surface area (Å²) in [4.78, 5) is 27.5. The Labute approximate surface area is 133 Å². The Morgan fingerprint density at radius 2 is 2.18 bits per heavy atom. The highest BCUT2D eigenvalue weighted by molar-refractivity contribution is 7.99. The zero-order valence-corrected chi connectivity index (χ0v) is 13.6. The number of nitrogens with two attached hydrogens (primary N) is 1. The van der Waals surface area contributed by atoms with Gasteiger partial charge in [-0.3, -0.25) is 10.1 Å². The molecule has 2 rings (SSSR count). The number of aromatic nitrogens is 3. The molecule has 3 atom stereocenters. The molecule has 22 heavy (non-hydrogen) atoms. The van der Waals surface area contributed by atoms with Gasteiger partial charge in [-0.15, -0.1) is 5.10 Å². The molecule has 0 bridgehead atoms. The molecule has 1 aromatic heterocycles. The molecule has 3 amide bonds. The largest absolute Gasteiger partial charge is 0.368 e. The Morgan fingerprint density at radius 3 is 2.86 bits per heavy atom. The lowest BCUT2D eigenvalue weighted by molar-refractivity contribution is -0.117. The van der Waals surface area contributed by atoms with Crippen molar-refractivity contribution in [2.75, 3.05) is 11.5 Å². The van der Waals surface area contributed by atoms with Crippen molar-refractivity contribution in [2.45, 2.75) is 44.3 Å². The lowest BCUT2D eigenvalue weighted by Gasteiger charge is -2.34. The first-order valence-electron chi connectivity index (χ1n) is 7.36. The van der Waals surface area contributed by atoms with E-state index in [-0.39, 0.29) is 23.7 Å². The molecule has 0 saturated heterocycles. The number of urea groups is 1. The second kappa shape index (κ2) is 7.48. The van der Waals surface area contributed by atoms with Crippen LogP contribution in [0.2, 0.25) is 0 Å². The third-order valence-corrected chi connectivity index (χ3v) is 4.94. The maximum atomic E-state index is 11.9. The van der Waals surface area contributed by atoms with Crippen LogP contribution in [0.5, 0.6) is 0 Å². The fourth-order valence-electron chi connectivity index (χ4n) is 2.61. The monoisotopic (exact) mass is 326 g/mol. The average Bonchev–Trinajstić information content (AvgIpc) is 2.87. The summed E-state index contributed by atoms with van der Waals surface area (Å²) in [6.07, 6.45) is 3.25. The van der Waals surface area contributed by atoms with Crippen molar-refractivity contribution in [1.29, 1.82) is 0 Å². The third-order valence-electron chi connectivity index (χ3n) is 4.09. The molecular formula is C13H22N6O2S. The van der Waals surface area contributed by atoms with Gasteiger partial charge >= 0.3 is 6.03 Å². The number of amides is 3. The van der Waals surface area contributed by atoms with E-state index in [4.69, 9.17) is 5.73 Å². The Morgan fingerprint density at radius 1 is 1.41 bits per heavy atom. The summed E-state index contributed by atoms with van der Waals surface area (Å²) in [5, 5.41) is 11.9. The zero-order chi connectivity index (χ0) is 16.1. The van der Waals surface area contributed by atoms with E-state index in [2.05, 4.69) is 39.7 Å². The number of anilines is 1. The zero-order valence-electron chi connectivity index (χ0n) is 12.8. The molecule has 1 heterocycles. The quantitative estimate of drug-likeness (QED) is 0.615. The number of nitrogens with zero attached hydrogens (tertiary/aromatic N) is 2. The summed E-state index contributed by atoms with van der Waals surface area (Å²) < 4.78 is 0. The number of rotatable bonds is 4. The summed E-state index contributed by atoms with van der Waals surface area (Å²) in [5.41, 5.74) is 5.39. The number of nitrogens with one attached hydrogen (secondary N) is 3. The van der Waals surface area contributed by atoms with Crippen LogP contribution in [0.15, 0.2) is 5.16 Å². The maximum absolute atomic E-state index is 11.9. The van der Waals surface area contributed by atoms with E-state index in [1.807, 2.05) is 0 Å². The van der Waals surface area contributed by atoms with Gasteiger partial charge in [0.2, 0.25) is 17.0 Å². The van der Waals surface area contributed by atoms with Crippen LogP contribution in [0, 0.1) is 11.8 Å². The van der Waals surface area contributed by atoms with Gasteiger partial charge in [-0.2, -0.15) is 4.98 Å². The van der Waals surface area contributed by atoms with Gasteiger partial charge in [-0.05, 0) is 18.3 Å². The number of nitrogen functional groups attached to an aromatic ring is 1. The van der Waals surface area contributed by atoms with Crippen molar-refractivity contribution < 1.29 is 9.59 Å². The molecule has 122 valence electrons. The second-order valence-electron chi connectivity index (χ2n) is 5.69. The van der Waals surface area contributed by atoms with Gasteiger partial charge < -0.3 is 11.1 Å². The Balaban J connectivity index is 1.73. The number of hydrogen-bond donors (Lipinski definition) is 4. The SMILES string of the molecule is CC1CCCC(NC(=O)NC(=O)CSc2n[nH]c(N)n2)C1C. The molecule has 1 aliphatic carbocycles. The van der Waals surface area contributed by atoms with Gasteiger partial charge in [0.1, 0.15) is 0 Å². The van der Waals surface area contributed by atoms with Crippen LogP contribution >= 0.6 is 11.8 Å². The smallest absolute Gasteiger partial charge is 0.321 e. The molecule has 5 N–H and O–H groups in total. The fraction of sp³-hybridized carbons (Fsp3) is 0.692. The molecule has 8 nitrogen and oxygen atoms in total. The average molecular weight is 326 g/mol. The van der Waals surface area contributed by atoms with Crippen LogP contribution in [0.4, 0.5) is 10.7 Å². The van der Waals surface area contributed by atoms with Crippen molar-refractivity contribution in [2.24, 2.45) is 11.8 Å². The van der Waals surface area contributed by atoms with Gasteiger partial charge in [-0.25, -0.2) is 9.89 Å². The number of hydrogen-bond acceptors (Lipinski definition) is 6. The topological polar surface area (TPSA) is 126 Å². The number of H-pyrrole nitrogens is 1. The van der Waals surface area contributed by atoms with Crippen LogP contribution in [0.1, 0.15) is 33.1 Å². The molecule has 1 fully saturated rings. The minimum absolute atomic E-state index is 0.0569. The summed E-state index contributed by atoms with van der Waals surface area (Å²) in [6, 6.07) is -0.317. The second-order valence-corrected chi connectivity index (χ2v) is 6.63. The maximum Gasteiger partial charge on any atom is 0.321 e. The molecule has 3 unspecified atom stereocenters. The molecule has 0 radical (unpaired) electrons. The van der Waals surface area contributed by atoms with Crippen molar-refractivity contribution in [1.82, 2.24) is 25.8 Å². The van der Waals surface area contributed by atoms with Gasteiger partial charge in [0, 0.05) is 6.04 Å². The van der Waals surface area contributed by atoms with Crippen molar-refractivity contribution in [3.05, 3.63) is 0 Å². The Kier molecular flexibility index (Phi) is 5.64. The highest BCUT2D eigenvalue weighted by Gasteiger charge is 2.28. The molecule has 1 aromatic rings. The number of carbonyl (C=O) groups excluding carboxylic acids is 2. The van der Waals surface area contributed by atoms with Gasteiger partial charge in [0.05, 0.1) is 5.75 Å². The number of carbonyl (C=O) groups is 2. The van der Waals surface area contributed by atoms with E-state index in [0.717, 1.165) is 24.6 Å². The van der Waals surface area contributed by atoms with Crippen molar-refractivity contribution >= 4 is 29.6 Å². The summed E-state index contributed by atoms with van der Waals surface area (Å²) in [6.45, 7) is 4.33. The summed E-state index contributed by atoms with van der Waals surface area (Å²) in [7, 11) is 0. The standard InChI is InChI=1S/C13H22N6O2S/c1-7-4-3-5-9(8(7)2)15-12(21)16-10(20)6-22-13-17-11(14)18-19-13/h7-9H,3-6H2,1-2H3,(H3,14,17,18,19)(H2,15,16,20,21). The molecule has 0 aromatic carbocycles. The number of thioether (sulfide) groups is 1. The molecule has 1 aliphatic rings. The predicted octanol–water partition coefficient (Wildman–Crippen LogP) is 1.13. The highest BCUT2D eigenvalue weighted by atomic mass is 32.2. The molecule has 9 heteroatoms. The van der Waals surface area contributed by atoms with Crippen LogP contribution in [-0.4, -0.2) is 38.9 Å². The van der Waals surface area contributed by atoms with E-state index < -0.39 is 6.03 Å². The minimum atomic E-state index is -0.439. The van der Waals surface area contributed by atoms with E-state index in [1.54, 1.807) is 0 Å². The van der Waals surface area contributed by atoms with E-state index in [0.29, 0.717) is 17.0 Å². The van der Waals surface area contributed by atoms with Gasteiger partial charge in [0.15, 0.2) is 0 Å². The third kappa shape index (κ3) is 4.62. The lowest BCUT2D eigenvalue weighted by atomic mass is 9.78. The van der Waals surface area contributed by atoms with E-state index >= 15 is 0 Å². The molecule has 0 aliphatic heterocycles. The first-order valence-corrected chi connectivity index (χ1v) is 8.35. The first kappa shape index (κ1) is 16.6. The summed E-state index contributed by atoms with van der Waals surface area (Å²) in [5.74, 6) is 0.867. The van der Waals surface area contributed by atoms with Crippen molar-refractivity contribution in [3.63, 3.8) is 0 Å². The molecular weight excluding hydrogens is 304 g/mol. The molecule has 1 saturated carbocycles. The highest BCUT2D eigenvalue weighted by Crippen LogP contribution is 2.29. The first-order chi connectivity index (χ1) is 10.5. The van der Waals surface area contributed by atoms with Crippen molar-refractivity contribution in [3.8, 4) is 0 Å². The summed E-state index contributed by atoms with van der Waals surface area (Å²) >= 11 is 1.11. The van der Waals surface area contributed by atoms with Crippen LogP contribution in [-0.2, 0) is 4.79 Å². The van der Waals surface area contributed by atoms with E-state index in [9.17, 15) is 9.59 Å². The number of imide groups is 1. The Hall–Kier alpha value is -1.77. The van der Waals surface area contributed by atoms with Crippen LogP contribution in [0.3, 0.4) is 0 Å². The van der Waals surface area contributed by atoms with Gasteiger partial charge in [0.25, 0.3) is 0 Å².